The summed E-state index contributed by atoms with van der Waals surface area (Å²) < 4.78 is 0. The summed E-state index contributed by atoms with van der Waals surface area (Å²) in [6, 6.07) is 7.17. The molecule has 0 radical (unpaired) electrons. The molecule has 7 heteroatoms. The van der Waals surface area contributed by atoms with Crippen molar-refractivity contribution in [3.8, 4) is 11.1 Å². The molecule has 1 heterocycles. The van der Waals surface area contributed by atoms with E-state index in [1.807, 2.05) is 0 Å². The molecule has 0 atom stereocenters. The van der Waals surface area contributed by atoms with Gasteiger partial charge in [0.05, 0.1) is 10.5 Å². The number of benzene rings is 1. The molecular weight excluding hydrogens is 272 g/mol. The number of halogens is 1. The minimum Gasteiger partial charge on any atom is -0.478 e. The highest BCUT2D eigenvalue weighted by Gasteiger charge is 2.13. The number of non-ortho nitro benzene ring substituents is 1. The molecule has 0 unspecified atom stereocenters. The van der Waals surface area contributed by atoms with Gasteiger partial charge in [0.1, 0.15) is 5.15 Å². The third-order valence-corrected chi connectivity index (χ3v) is 2.76. The van der Waals surface area contributed by atoms with Gasteiger partial charge in [0.2, 0.25) is 0 Å². The maximum absolute atomic E-state index is 10.9. The molecule has 2 rings (SSSR count). The van der Waals surface area contributed by atoms with Crippen LogP contribution in [0.5, 0.6) is 0 Å². The fourth-order valence-electron chi connectivity index (χ4n) is 1.55. The molecule has 19 heavy (non-hydrogen) atoms. The lowest BCUT2D eigenvalue weighted by Gasteiger charge is -2.04. The second-order valence-electron chi connectivity index (χ2n) is 3.67. The van der Waals surface area contributed by atoms with Gasteiger partial charge >= 0.3 is 5.97 Å². The zero-order chi connectivity index (χ0) is 14.0. The number of carboxylic acid groups (broad SMARTS) is 1. The Morgan fingerprint density at radius 3 is 2.68 bits per heavy atom. The predicted octanol–water partition coefficient (Wildman–Crippen LogP) is 3.01. The van der Waals surface area contributed by atoms with Crippen LogP contribution in [-0.2, 0) is 0 Å². The predicted molar refractivity (Wildman–Crippen MR) is 68.3 cm³/mol. The van der Waals surface area contributed by atoms with E-state index in [0.717, 1.165) is 0 Å². The van der Waals surface area contributed by atoms with Crippen LogP contribution in [0.2, 0.25) is 5.15 Å². The molecule has 1 aromatic heterocycles. The maximum atomic E-state index is 10.9. The first-order valence-corrected chi connectivity index (χ1v) is 5.50. The Hall–Kier alpha value is -2.47. The fourth-order valence-corrected chi connectivity index (χ4v) is 1.74. The SMILES string of the molecule is O=C(O)c1cc(-c2cccc([N+](=O)[O-])c2)cnc1Cl. The van der Waals surface area contributed by atoms with Gasteiger partial charge in [-0.1, -0.05) is 23.7 Å². The highest BCUT2D eigenvalue weighted by molar-refractivity contribution is 6.32. The number of pyridine rings is 1. The smallest absolute Gasteiger partial charge is 0.338 e. The number of hydrogen-bond donors (Lipinski definition) is 1. The number of rotatable bonds is 3. The first-order chi connectivity index (χ1) is 8.99. The zero-order valence-electron chi connectivity index (χ0n) is 9.41. The molecule has 0 fully saturated rings. The van der Waals surface area contributed by atoms with Gasteiger partial charge in [-0.05, 0) is 11.6 Å². The van der Waals surface area contributed by atoms with E-state index < -0.39 is 10.9 Å². The summed E-state index contributed by atoms with van der Waals surface area (Å²) in [5.41, 5.74) is 0.723. The van der Waals surface area contributed by atoms with Crippen LogP contribution < -0.4 is 0 Å². The zero-order valence-corrected chi connectivity index (χ0v) is 10.2. The molecule has 1 aromatic carbocycles. The monoisotopic (exact) mass is 278 g/mol. The number of nitro benzene ring substituents is 1. The van der Waals surface area contributed by atoms with Crippen LogP contribution in [0.3, 0.4) is 0 Å². The standard InChI is InChI=1S/C12H7ClN2O4/c13-11-10(12(16)17)5-8(6-14-11)7-2-1-3-9(4-7)15(18)19/h1-6H,(H,16,17). The van der Waals surface area contributed by atoms with Crippen LogP contribution in [0, 0.1) is 10.1 Å². The van der Waals surface area contributed by atoms with Gasteiger partial charge < -0.3 is 5.11 Å². The first kappa shape index (κ1) is 13.0. The Bertz CT molecular complexity index is 673. The van der Waals surface area contributed by atoms with Crippen molar-refractivity contribution in [3.05, 3.63) is 57.4 Å². The van der Waals surface area contributed by atoms with Crippen molar-refractivity contribution in [1.82, 2.24) is 4.98 Å². The summed E-state index contributed by atoms with van der Waals surface area (Å²) in [6.45, 7) is 0. The average Bonchev–Trinajstić information content (AvgIpc) is 2.39. The van der Waals surface area contributed by atoms with Gasteiger partial charge in [-0.15, -0.1) is 0 Å². The van der Waals surface area contributed by atoms with Crippen molar-refractivity contribution in [3.63, 3.8) is 0 Å². The second kappa shape index (κ2) is 5.03. The molecule has 6 nitrogen and oxygen atoms in total. The van der Waals surface area contributed by atoms with Crippen LogP contribution in [0.15, 0.2) is 36.5 Å². The Morgan fingerprint density at radius 2 is 2.05 bits per heavy atom. The number of hydrogen-bond acceptors (Lipinski definition) is 4. The molecule has 1 N–H and O–H groups in total. The number of nitrogens with zero attached hydrogens (tertiary/aromatic N) is 2. The highest BCUT2D eigenvalue weighted by Crippen LogP contribution is 2.26. The maximum Gasteiger partial charge on any atom is 0.338 e. The number of aromatic carboxylic acids is 1. The van der Waals surface area contributed by atoms with Crippen molar-refractivity contribution in [2.45, 2.75) is 0 Å². The Morgan fingerprint density at radius 1 is 1.32 bits per heavy atom. The number of carboxylic acids is 1. The first-order valence-electron chi connectivity index (χ1n) is 5.12. The van der Waals surface area contributed by atoms with Crippen molar-refractivity contribution in [2.24, 2.45) is 0 Å². The van der Waals surface area contributed by atoms with E-state index in [1.165, 1.54) is 30.5 Å². The minimum absolute atomic E-state index is 0.0793. The lowest BCUT2D eigenvalue weighted by atomic mass is 10.1. The summed E-state index contributed by atoms with van der Waals surface area (Å²) in [5, 5.41) is 19.5. The van der Waals surface area contributed by atoms with Crippen LogP contribution in [0.1, 0.15) is 10.4 Å². The molecule has 96 valence electrons. The molecule has 0 aliphatic rings. The van der Waals surface area contributed by atoms with Gasteiger partial charge in [0.25, 0.3) is 5.69 Å². The van der Waals surface area contributed by atoms with Crippen molar-refractivity contribution in [1.29, 1.82) is 0 Å². The number of carbonyl (C=O) groups is 1. The summed E-state index contributed by atoms with van der Waals surface area (Å²) >= 11 is 5.66. The van der Waals surface area contributed by atoms with E-state index in [-0.39, 0.29) is 16.4 Å². The summed E-state index contributed by atoms with van der Waals surface area (Å²) in [7, 11) is 0. The summed E-state index contributed by atoms with van der Waals surface area (Å²) in [5.74, 6) is -1.20. The molecule has 2 aromatic rings. The van der Waals surface area contributed by atoms with Crippen LogP contribution in [0.25, 0.3) is 11.1 Å². The van der Waals surface area contributed by atoms with Crippen molar-refractivity contribution in [2.75, 3.05) is 0 Å². The third kappa shape index (κ3) is 2.69. The van der Waals surface area contributed by atoms with Crippen molar-refractivity contribution >= 4 is 23.3 Å². The van der Waals surface area contributed by atoms with Crippen LogP contribution in [0.4, 0.5) is 5.69 Å². The Kier molecular flexibility index (Phi) is 3.43. The quantitative estimate of drug-likeness (QED) is 0.529. The molecule has 0 saturated heterocycles. The van der Waals surface area contributed by atoms with Gasteiger partial charge in [-0.25, -0.2) is 9.78 Å². The minimum atomic E-state index is -1.20. The van der Waals surface area contributed by atoms with Gasteiger partial charge in [-0.2, -0.15) is 0 Å². The molecular formula is C12H7ClN2O4. The van der Waals surface area contributed by atoms with Crippen LogP contribution >= 0.6 is 11.6 Å². The normalized spacial score (nSPS) is 10.2. The largest absolute Gasteiger partial charge is 0.478 e. The van der Waals surface area contributed by atoms with Crippen LogP contribution in [-0.4, -0.2) is 21.0 Å². The van der Waals surface area contributed by atoms with E-state index in [2.05, 4.69) is 4.98 Å². The molecule has 0 saturated carbocycles. The van der Waals surface area contributed by atoms with Gasteiger partial charge in [0.15, 0.2) is 0 Å². The summed E-state index contributed by atoms with van der Waals surface area (Å²) in [4.78, 5) is 24.9. The Balaban J connectivity index is 2.53. The van der Waals surface area contributed by atoms with Gasteiger partial charge in [0, 0.05) is 23.9 Å². The fraction of sp³-hybridized carbons (Fsp3) is 0. The topological polar surface area (TPSA) is 93.3 Å². The molecule has 0 amide bonds. The number of nitro groups is 1. The Labute approximate surface area is 112 Å². The van der Waals surface area contributed by atoms with E-state index in [1.54, 1.807) is 6.07 Å². The van der Waals surface area contributed by atoms with E-state index in [4.69, 9.17) is 16.7 Å². The molecule has 0 aliphatic heterocycles. The van der Waals surface area contributed by atoms with Crippen molar-refractivity contribution < 1.29 is 14.8 Å². The second-order valence-corrected chi connectivity index (χ2v) is 4.03. The lowest BCUT2D eigenvalue weighted by Crippen LogP contribution is -1.99. The van der Waals surface area contributed by atoms with E-state index >= 15 is 0 Å². The van der Waals surface area contributed by atoms with Gasteiger partial charge in [-0.3, -0.25) is 10.1 Å². The van der Waals surface area contributed by atoms with E-state index in [9.17, 15) is 14.9 Å². The molecule has 0 bridgehead atoms. The molecule has 0 spiro atoms. The lowest BCUT2D eigenvalue weighted by molar-refractivity contribution is -0.384. The average molecular weight is 279 g/mol. The third-order valence-electron chi connectivity index (χ3n) is 2.46. The highest BCUT2D eigenvalue weighted by atomic mass is 35.5. The summed E-state index contributed by atoms with van der Waals surface area (Å²) in [6.07, 6.45) is 1.37. The van der Waals surface area contributed by atoms with E-state index in [0.29, 0.717) is 11.1 Å². The number of aromatic nitrogens is 1. The molecule has 0 aliphatic carbocycles.